The molecule has 1 N–H and O–H groups in total. The topological polar surface area (TPSA) is 29.4 Å². The summed E-state index contributed by atoms with van der Waals surface area (Å²) in [6.45, 7) is 11.1. The Bertz CT molecular complexity index is 866. The van der Waals surface area contributed by atoms with E-state index in [1.807, 2.05) is 6.07 Å². The van der Waals surface area contributed by atoms with E-state index in [1.165, 1.54) is 22.2 Å². The number of anilines is 1. The number of ether oxygens (including phenoxy) is 1. The predicted octanol–water partition coefficient (Wildman–Crippen LogP) is 4.82. The van der Waals surface area contributed by atoms with E-state index in [0.29, 0.717) is 6.61 Å². The summed E-state index contributed by atoms with van der Waals surface area (Å²) < 4.78 is 8.44. The summed E-state index contributed by atoms with van der Waals surface area (Å²) in [5.74, 6) is 1.00. The van der Waals surface area contributed by atoms with Gasteiger partial charge >= 0.3 is 0 Å². The molecule has 0 saturated heterocycles. The summed E-state index contributed by atoms with van der Waals surface area (Å²) in [6.07, 6.45) is 0. The number of benzene rings is 2. The van der Waals surface area contributed by atoms with Crippen LogP contribution in [0.4, 0.5) is 5.69 Å². The molecule has 1 aromatic heterocycles. The normalized spacial score (nSPS) is 11.3. The van der Waals surface area contributed by atoms with E-state index < -0.39 is 0 Å². The highest BCUT2D eigenvalue weighted by Crippen LogP contribution is 2.34. The van der Waals surface area contributed by atoms with E-state index in [0.717, 1.165) is 37.6 Å². The predicted molar refractivity (Wildman–Crippen MR) is 115 cm³/mol. The minimum Gasteiger partial charge on any atom is -0.490 e. The Balaban J connectivity index is 1.77. The van der Waals surface area contributed by atoms with Gasteiger partial charge in [0.15, 0.2) is 0 Å². The first kappa shape index (κ1) is 19.3. The van der Waals surface area contributed by atoms with Crippen LogP contribution in [0.2, 0.25) is 0 Å². The second kappa shape index (κ2) is 8.96. The van der Waals surface area contributed by atoms with Crippen molar-refractivity contribution in [2.45, 2.75) is 27.3 Å². The van der Waals surface area contributed by atoms with Crippen molar-refractivity contribution in [3.63, 3.8) is 0 Å². The van der Waals surface area contributed by atoms with Gasteiger partial charge in [-0.1, -0.05) is 44.2 Å². The summed E-state index contributed by atoms with van der Waals surface area (Å²) in [5, 5.41) is 4.70. The van der Waals surface area contributed by atoms with Crippen LogP contribution in [0.5, 0.6) is 5.75 Å². The fourth-order valence-corrected chi connectivity index (χ4v) is 3.45. The molecule has 27 heavy (non-hydrogen) atoms. The van der Waals surface area contributed by atoms with Gasteiger partial charge in [0.05, 0.1) is 11.2 Å². The number of nitrogens with zero attached hydrogens (tertiary/aromatic N) is 2. The lowest BCUT2D eigenvalue weighted by molar-refractivity contribution is 0.223. The minimum atomic E-state index is 0.712. The van der Waals surface area contributed by atoms with Crippen LogP contribution in [0.15, 0.2) is 48.5 Å². The van der Waals surface area contributed by atoms with E-state index >= 15 is 0 Å². The van der Waals surface area contributed by atoms with Crippen LogP contribution in [0.3, 0.4) is 0 Å². The van der Waals surface area contributed by atoms with Crippen LogP contribution >= 0.6 is 0 Å². The van der Waals surface area contributed by atoms with Gasteiger partial charge in [-0.2, -0.15) is 0 Å². The zero-order valence-electron chi connectivity index (χ0n) is 17.0. The van der Waals surface area contributed by atoms with Crippen molar-refractivity contribution < 1.29 is 4.74 Å². The number of likely N-dealkylation sites (N-methyl/N-ethyl adjacent to an activating group) is 1. The first-order chi connectivity index (χ1) is 13.1. The largest absolute Gasteiger partial charge is 0.490 e. The summed E-state index contributed by atoms with van der Waals surface area (Å²) in [4.78, 5) is 2.38. The number of aryl methyl sites for hydroxylation is 1. The molecule has 0 bridgehead atoms. The third kappa shape index (κ3) is 4.45. The summed E-state index contributed by atoms with van der Waals surface area (Å²) in [7, 11) is 2.10. The Morgan fingerprint density at radius 3 is 2.48 bits per heavy atom. The third-order valence-corrected chi connectivity index (χ3v) is 5.32. The second-order valence-corrected chi connectivity index (χ2v) is 6.92. The lowest BCUT2D eigenvalue weighted by Crippen LogP contribution is -2.27. The number of aromatic nitrogens is 1. The van der Waals surface area contributed by atoms with Crippen LogP contribution < -0.4 is 10.1 Å². The molecule has 0 saturated carbocycles. The van der Waals surface area contributed by atoms with Crippen LogP contribution in [-0.4, -0.2) is 35.7 Å². The van der Waals surface area contributed by atoms with Crippen molar-refractivity contribution in [1.29, 1.82) is 0 Å². The standard InChI is InChI=1S/C23H31N3O/c1-5-26(6-2)14-15-27-23-18(3)25(4)22-13-12-20(16-21(22)23)24-17-19-10-8-7-9-11-19/h7-13,16,24H,5-6,14-15,17H2,1-4H3. The molecule has 3 rings (SSSR count). The van der Waals surface area contributed by atoms with Crippen LogP contribution in [0.25, 0.3) is 10.9 Å². The van der Waals surface area contributed by atoms with E-state index in [4.69, 9.17) is 4.74 Å². The molecule has 0 atom stereocenters. The number of fused-ring (bicyclic) bond motifs is 1. The molecule has 0 fully saturated rings. The Hall–Kier alpha value is -2.46. The number of rotatable bonds is 9. The molecule has 0 aliphatic rings. The van der Waals surface area contributed by atoms with E-state index in [2.05, 4.69) is 85.1 Å². The Morgan fingerprint density at radius 2 is 1.78 bits per heavy atom. The number of nitrogens with one attached hydrogen (secondary N) is 1. The van der Waals surface area contributed by atoms with Crippen LogP contribution in [0, 0.1) is 6.92 Å². The molecule has 1 heterocycles. The van der Waals surface area contributed by atoms with Crippen molar-refractivity contribution >= 4 is 16.6 Å². The molecule has 2 aromatic carbocycles. The molecule has 0 amide bonds. The molecule has 4 heteroatoms. The van der Waals surface area contributed by atoms with Crippen LogP contribution in [-0.2, 0) is 13.6 Å². The molecular weight excluding hydrogens is 334 g/mol. The van der Waals surface area contributed by atoms with Crippen molar-refractivity contribution in [3.8, 4) is 5.75 Å². The monoisotopic (exact) mass is 365 g/mol. The Labute approximate surface area is 162 Å². The fraction of sp³-hybridized carbons (Fsp3) is 0.391. The van der Waals surface area contributed by atoms with Crippen molar-refractivity contribution in [2.75, 3.05) is 31.6 Å². The molecule has 144 valence electrons. The molecule has 0 unspecified atom stereocenters. The Morgan fingerprint density at radius 1 is 1.04 bits per heavy atom. The zero-order chi connectivity index (χ0) is 19.2. The molecule has 0 radical (unpaired) electrons. The maximum Gasteiger partial charge on any atom is 0.147 e. The van der Waals surface area contributed by atoms with Gasteiger partial charge in [-0.3, -0.25) is 0 Å². The van der Waals surface area contributed by atoms with E-state index in [9.17, 15) is 0 Å². The van der Waals surface area contributed by atoms with E-state index in [1.54, 1.807) is 0 Å². The highest BCUT2D eigenvalue weighted by molar-refractivity contribution is 5.91. The molecular formula is C23H31N3O. The van der Waals surface area contributed by atoms with Crippen molar-refractivity contribution in [3.05, 3.63) is 59.8 Å². The second-order valence-electron chi connectivity index (χ2n) is 6.92. The van der Waals surface area contributed by atoms with Gasteiger partial charge in [-0.05, 0) is 43.8 Å². The van der Waals surface area contributed by atoms with Gasteiger partial charge in [0.25, 0.3) is 0 Å². The average Bonchev–Trinajstić information content (AvgIpc) is 2.94. The van der Waals surface area contributed by atoms with Gasteiger partial charge in [0.1, 0.15) is 12.4 Å². The maximum atomic E-state index is 6.23. The molecule has 3 aromatic rings. The quantitative estimate of drug-likeness (QED) is 0.589. The summed E-state index contributed by atoms with van der Waals surface area (Å²) in [6, 6.07) is 17.0. The lowest BCUT2D eigenvalue weighted by atomic mass is 10.2. The summed E-state index contributed by atoms with van der Waals surface area (Å²) in [5.41, 5.74) is 4.77. The van der Waals surface area contributed by atoms with E-state index in [-0.39, 0.29) is 0 Å². The molecule has 4 nitrogen and oxygen atoms in total. The number of hydrogen-bond acceptors (Lipinski definition) is 3. The van der Waals surface area contributed by atoms with Gasteiger partial charge in [0, 0.05) is 31.2 Å². The molecule has 0 aliphatic heterocycles. The van der Waals surface area contributed by atoms with Crippen molar-refractivity contribution in [2.24, 2.45) is 7.05 Å². The average molecular weight is 366 g/mol. The maximum absolute atomic E-state index is 6.23. The lowest BCUT2D eigenvalue weighted by Gasteiger charge is -2.18. The highest BCUT2D eigenvalue weighted by atomic mass is 16.5. The first-order valence-electron chi connectivity index (χ1n) is 9.86. The zero-order valence-corrected chi connectivity index (χ0v) is 17.0. The number of hydrogen-bond donors (Lipinski definition) is 1. The van der Waals surface area contributed by atoms with Crippen molar-refractivity contribution in [1.82, 2.24) is 9.47 Å². The first-order valence-corrected chi connectivity index (χ1v) is 9.86. The molecule has 0 spiro atoms. The van der Waals surface area contributed by atoms with Gasteiger partial charge in [0.2, 0.25) is 0 Å². The SMILES string of the molecule is CCN(CC)CCOc1c(C)n(C)c2ccc(NCc3ccccc3)cc12. The third-order valence-electron chi connectivity index (χ3n) is 5.32. The van der Waals surface area contributed by atoms with Gasteiger partial charge in [-0.15, -0.1) is 0 Å². The minimum absolute atomic E-state index is 0.712. The van der Waals surface area contributed by atoms with Gasteiger partial charge < -0.3 is 19.5 Å². The smallest absolute Gasteiger partial charge is 0.147 e. The summed E-state index contributed by atoms with van der Waals surface area (Å²) >= 11 is 0. The Kier molecular flexibility index (Phi) is 6.40. The fourth-order valence-electron chi connectivity index (χ4n) is 3.45. The highest BCUT2D eigenvalue weighted by Gasteiger charge is 2.14. The van der Waals surface area contributed by atoms with Gasteiger partial charge in [-0.25, -0.2) is 0 Å². The molecule has 0 aliphatic carbocycles. The van der Waals surface area contributed by atoms with Crippen LogP contribution in [0.1, 0.15) is 25.1 Å².